The van der Waals surface area contributed by atoms with Crippen LogP contribution in [0.25, 0.3) is 0 Å². The van der Waals surface area contributed by atoms with E-state index < -0.39 is 56.7 Å². The topological polar surface area (TPSA) is 72.2 Å². The number of nitrogens with one attached hydrogen (secondary N) is 1. The Hall–Kier alpha value is -2.95. The van der Waals surface area contributed by atoms with Crippen molar-refractivity contribution < 1.29 is 35.9 Å². The Balaban J connectivity index is 1.81. The number of hydrogen-bond donors (Lipinski definition) is 2. The van der Waals surface area contributed by atoms with Crippen molar-refractivity contribution in [3.8, 4) is 0 Å². The van der Waals surface area contributed by atoms with Gasteiger partial charge >= 0.3 is 6.18 Å². The molecule has 0 spiro atoms. The van der Waals surface area contributed by atoms with Crippen LogP contribution in [0.4, 0.5) is 32.0 Å². The van der Waals surface area contributed by atoms with Crippen LogP contribution in [-0.4, -0.2) is 16.1 Å². The van der Waals surface area contributed by atoms with Gasteiger partial charge in [-0.15, -0.1) is 0 Å². The van der Waals surface area contributed by atoms with Crippen molar-refractivity contribution in [2.75, 3.05) is 5.32 Å². The number of halogens is 9. The molecule has 0 saturated heterocycles. The van der Waals surface area contributed by atoms with E-state index in [4.69, 9.17) is 40.5 Å². The maximum atomic E-state index is 14.3. The monoisotopic (exact) mass is 594 g/mol. The smallest absolute Gasteiger partial charge is 0.369 e. The second-order valence-corrected chi connectivity index (χ2v) is 10.5. The molecule has 3 N–H and O–H groups in total. The molecule has 1 aliphatic carbocycles. The predicted octanol–water partition coefficient (Wildman–Crippen LogP) is 7.03. The number of nitrogens with two attached hydrogens (primary N) is 1. The van der Waals surface area contributed by atoms with Gasteiger partial charge in [0.05, 0.1) is 21.8 Å². The van der Waals surface area contributed by atoms with Crippen molar-refractivity contribution in [1.29, 1.82) is 0 Å². The maximum absolute atomic E-state index is 14.3. The summed E-state index contributed by atoms with van der Waals surface area (Å²) in [7, 11) is 0. The van der Waals surface area contributed by atoms with Crippen LogP contribution < -0.4 is 11.1 Å². The first-order valence-electron chi connectivity index (χ1n) is 10.6. The third-order valence-corrected chi connectivity index (χ3v) is 7.75. The number of amides is 2. The molecule has 1 fully saturated rings. The third-order valence-electron chi connectivity index (χ3n) is 6.39. The van der Waals surface area contributed by atoms with Crippen LogP contribution in [0.15, 0.2) is 48.5 Å². The van der Waals surface area contributed by atoms with Gasteiger partial charge in [-0.1, -0.05) is 46.9 Å². The van der Waals surface area contributed by atoms with Crippen molar-refractivity contribution in [3.63, 3.8) is 0 Å². The molecular formula is C25H15Cl3F6N2O2. The summed E-state index contributed by atoms with van der Waals surface area (Å²) in [6.45, 7) is 1.10. The minimum atomic E-state index is -5.06. The van der Waals surface area contributed by atoms with Crippen LogP contribution >= 0.6 is 34.8 Å². The summed E-state index contributed by atoms with van der Waals surface area (Å²) in [6, 6.07) is 7.52. The van der Waals surface area contributed by atoms with Crippen molar-refractivity contribution in [1.82, 2.24) is 0 Å². The van der Waals surface area contributed by atoms with Crippen molar-refractivity contribution >= 4 is 52.3 Å². The molecule has 1 aliphatic rings. The van der Waals surface area contributed by atoms with Crippen LogP contribution in [0, 0.1) is 24.4 Å². The highest BCUT2D eigenvalue weighted by Gasteiger charge is 2.81. The first-order chi connectivity index (χ1) is 17.5. The minimum Gasteiger partial charge on any atom is -0.369 e. The van der Waals surface area contributed by atoms with Gasteiger partial charge < -0.3 is 11.1 Å². The van der Waals surface area contributed by atoms with E-state index >= 15 is 0 Å². The number of carbonyl (C=O) groups excluding carboxylic acids is 2. The molecule has 0 heterocycles. The van der Waals surface area contributed by atoms with E-state index in [1.807, 2.05) is 0 Å². The Morgan fingerprint density at radius 3 is 2.24 bits per heavy atom. The van der Waals surface area contributed by atoms with Crippen LogP contribution in [-0.2, 0) is 16.4 Å². The molecule has 4 rings (SSSR count). The summed E-state index contributed by atoms with van der Waals surface area (Å²) < 4.78 is 79.8. The first-order valence-corrected chi connectivity index (χ1v) is 11.8. The lowest BCUT2D eigenvalue weighted by molar-refractivity contribution is -0.140. The SMILES string of the molecule is Cc1cc(C2C(Cl)(Cl)C2(C(N)=O)c2ccc(Cl)c(C(=O)Nc3ccc(F)cc3F)c2)cc(C(F)(F)F)c1F. The lowest BCUT2D eigenvalue weighted by Crippen LogP contribution is -2.34. The van der Waals surface area contributed by atoms with Gasteiger partial charge in [-0.05, 0) is 53.9 Å². The normalized spacial score (nSPS) is 20.2. The summed E-state index contributed by atoms with van der Waals surface area (Å²) in [5.74, 6) is -6.93. The average molecular weight is 596 g/mol. The number of aryl methyl sites for hydroxylation is 1. The zero-order valence-electron chi connectivity index (χ0n) is 19.0. The molecule has 3 aromatic carbocycles. The second-order valence-electron chi connectivity index (χ2n) is 8.70. The van der Waals surface area contributed by atoms with Crippen LogP contribution in [0.2, 0.25) is 5.02 Å². The number of alkyl halides is 5. The fourth-order valence-corrected chi connectivity index (χ4v) is 5.86. The summed E-state index contributed by atoms with van der Waals surface area (Å²) >= 11 is 19.1. The van der Waals surface area contributed by atoms with Crippen molar-refractivity contribution in [2.45, 2.75) is 28.8 Å². The molecule has 3 aromatic rings. The molecule has 0 aromatic heterocycles. The van der Waals surface area contributed by atoms with E-state index in [2.05, 4.69) is 5.32 Å². The van der Waals surface area contributed by atoms with E-state index in [1.54, 1.807) is 0 Å². The Morgan fingerprint density at radius 2 is 1.66 bits per heavy atom. The van der Waals surface area contributed by atoms with Gasteiger partial charge in [0, 0.05) is 12.0 Å². The molecule has 200 valence electrons. The number of carbonyl (C=O) groups is 2. The molecule has 0 aliphatic heterocycles. The van der Waals surface area contributed by atoms with Gasteiger partial charge in [-0.25, -0.2) is 13.2 Å². The van der Waals surface area contributed by atoms with Gasteiger partial charge in [0.15, 0.2) is 0 Å². The maximum Gasteiger partial charge on any atom is 0.419 e. The molecule has 13 heteroatoms. The fraction of sp³-hybridized carbons (Fsp3) is 0.200. The number of primary amides is 1. The summed E-state index contributed by atoms with van der Waals surface area (Å²) in [5, 5.41) is 2.06. The van der Waals surface area contributed by atoms with Gasteiger partial charge in [0.2, 0.25) is 5.91 Å². The Labute approximate surface area is 226 Å². The average Bonchev–Trinajstić information content (AvgIpc) is 3.34. The van der Waals surface area contributed by atoms with E-state index in [1.165, 1.54) is 12.1 Å². The van der Waals surface area contributed by atoms with E-state index in [0.717, 1.165) is 31.2 Å². The van der Waals surface area contributed by atoms with Crippen molar-refractivity contribution in [3.05, 3.63) is 98.8 Å². The Bertz CT molecular complexity index is 1490. The van der Waals surface area contributed by atoms with Crippen molar-refractivity contribution in [2.24, 2.45) is 5.73 Å². The highest BCUT2D eigenvalue weighted by atomic mass is 35.5. The predicted molar refractivity (Wildman–Crippen MR) is 130 cm³/mol. The molecule has 1 saturated carbocycles. The fourth-order valence-electron chi connectivity index (χ4n) is 4.57. The summed E-state index contributed by atoms with van der Waals surface area (Å²) in [4.78, 5) is 25.7. The van der Waals surface area contributed by atoms with Crippen LogP contribution in [0.3, 0.4) is 0 Å². The highest BCUT2D eigenvalue weighted by molar-refractivity contribution is 6.55. The number of anilines is 1. The van der Waals surface area contributed by atoms with Gasteiger partial charge in [-0.2, -0.15) is 13.2 Å². The van der Waals surface area contributed by atoms with Crippen LogP contribution in [0.1, 0.15) is 38.5 Å². The second kappa shape index (κ2) is 9.36. The van der Waals surface area contributed by atoms with E-state index in [0.29, 0.717) is 12.1 Å². The molecule has 2 amide bonds. The molecular weight excluding hydrogens is 581 g/mol. The number of hydrogen-bond acceptors (Lipinski definition) is 2. The molecule has 0 radical (unpaired) electrons. The number of rotatable bonds is 5. The number of benzene rings is 3. The summed E-state index contributed by atoms with van der Waals surface area (Å²) in [6.07, 6.45) is -5.06. The minimum absolute atomic E-state index is 0.0790. The highest BCUT2D eigenvalue weighted by Crippen LogP contribution is 2.74. The van der Waals surface area contributed by atoms with E-state index in [-0.39, 0.29) is 33.0 Å². The van der Waals surface area contributed by atoms with Gasteiger partial charge in [-0.3, -0.25) is 9.59 Å². The lowest BCUT2D eigenvalue weighted by atomic mass is 9.88. The Kier molecular flexibility index (Phi) is 6.91. The lowest BCUT2D eigenvalue weighted by Gasteiger charge is -2.18. The molecule has 0 bridgehead atoms. The standard InChI is InChI=1S/C25H15Cl3F6N2O2/c1-10-6-11(7-15(19(10)31)25(32,33)34)20-23(22(35)38,24(20,27)28)12-2-4-16(26)14(8-12)21(37)36-18-5-3-13(29)9-17(18)30/h2-9,20H,1H3,(H2,35,38)(H,36,37). The van der Waals surface area contributed by atoms with Gasteiger partial charge in [0.1, 0.15) is 27.2 Å². The summed E-state index contributed by atoms with van der Waals surface area (Å²) in [5.41, 5.74) is 0.683. The molecule has 2 unspecified atom stereocenters. The Morgan fingerprint density at radius 1 is 1.00 bits per heavy atom. The van der Waals surface area contributed by atoms with E-state index in [9.17, 15) is 35.9 Å². The van der Waals surface area contributed by atoms with Crippen LogP contribution in [0.5, 0.6) is 0 Å². The zero-order valence-corrected chi connectivity index (χ0v) is 21.3. The molecule has 38 heavy (non-hydrogen) atoms. The largest absolute Gasteiger partial charge is 0.419 e. The molecule has 2 atom stereocenters. The molecule has 4 nitrogen and oxygen atoms in total. The zero-order chi connectivity index (χ0) is 28.4. The first kappa shape index (κ1) is 28.1. The van der Waals surface area contributed by atoms with Gasteiger partial charge in [0.25, 0.3) is 5.91 Å². The third kappa shape index (κ3) is 4.38. The quantitative estimate of drug-likeness (QED) is 0.246.